The van der Waals surface area contributed by atoms with Crippen LogP contribution < -0.4 is 0 Å². The van der Waals surface area contributed by atoms with E-state index < -0.39 is 0 Å². The second kappa shape index (κ2) is 8.18. The maximum Gasteiger partial charge on any atom is 0.274 e. The lowest BCUT2D eigenvalue weighted by atomic mass is 9.94. The molecule has 0 saturated carbocycles. The monoisotopic (exact) mass is 415 g/mol. The van der Waals surface area contributed by atoms with Crippen LogP contribution in [0.15, 0.2) is 11.4 Å². The zero-order chi connectivity index (χ0) is 19.8. The van der Waals surface area contributed by atoms with Crippen molar-refractivity contribution in [1.82, 2.24) is 24.5 Å². The Labute approximate surface area is 175 Å². The summed E-state index contributed by atoms with van der Waals surface area (Å²) >= 11 is 1.82. The molecule has 0 radical (unpaired) electrons. The van der Waals surface area contributed by atoms with Crippen LogP contribution >= 0.6 is 11.3 Å². The predicted molar refractivity (Wildman–Crippen MR) is 114 cm³/mol. The number of likely N-dealkylation sites (N-methyl/N-ethyl adjacent to an activating group) is 1. The van der Waals surface area contributed by atoms with E-state index in [4.69, 9.17) is 9.84 Å². The van der Waals surface area contributed by atoms with E-state index in [1.165, 1.54) is 16.1 Å². The first-order valence-corrected chi connectivity index (χ1v) is 11.5. The van der Waals surface area contributed by atoms with Crippen LogP contribution in [0.25, 0.3) is 11.3 Å². The molecule has 8 heteroatoms. The zero-order valence-corrected chi connectivity index (χ0v) is 17.9. The van der Waals surface area contributed by atoms with Gasteiger partial charge in [-0.1, -0.05) is 0 Å². The molecule has 0 atom stereocenters. The van der Waals surface area contributed by atoms with Gasteiger partial charge in [0.05, 0.1) is 25.5 Å². The number of aromatic nitrogens is 2. The number of fused-ring (bicyclic) bond motifs is 3. The molecule has 0 N–H and O–H groups in total. The fraction of sp³-hybridized carbons (Fsp3) is 0.619. The summed E-state index contributed by atoms with van der Waals surface area (Å²) in [6.45, 7) is 8.74. The number of carbonyl (C=O) groups excluding carboxylic acids is 1. The first-order chi connectivity index (χ1) is 14.2. The Hall–Kier alpha value is -1.74. The lowest BCUT2D eigenvalue weighted by Crippen LogP contribution is -2.47. The van der Waals surface area contributed by atoms with Crippen molar-refractivity contribution in [3.05, 3.63) is 27.6 Å². The summed E-state index contributed by atoms with van der Waals surface area (Å²) in [5.41, 5.74) is 4.30. The lowest BCUT2D eigenvalue weighted by Gasteiger charge is -2.32. The molecule has 29 heavy (non-hydrogen) atoms. The van der Waals surface area contributed by atoms with Gasteiger partial charge in [-0.2, -0.15) is 5.10 Å². The molecule has 2 saturated heterocycles. The highest BCUT2D eigenvalue weighted by Gasteiger charge is 2.32. The molecule has 2 fully saturated rings. The smallest absolute Gasteiger partial charge is 0.274 e. The minimum Gasteiger partial charge on any atom is -0.379 e. The molecule has 5 rings (SSSR count). The van der Waals surface area contributed by atoms with Crippen molar-refractivity contribution < 1.29 is 9.53 Å². The van der Waals surface area contributed by atoms with Crippen LogP contribution in [0.2, 0.25) is 0 Å². The number of amides is 1. The third-order valence-electron chi connectivity index (χ3n) is 6.38. The SMILES string of the molecule is CN1CCN(C(=O)c2nn(CCN3CCOCC3)c3c2CCc2sccc2-3)CC1. The van der Waals surface area contributed by atoms with Gasteiger partial charge in [0.1, 0.15) is 0 Å². The maximum absolute atomic E-state index is 13.4. The molecule has 2 aliphatic heterocycles. The van der Waals surface area contributed by atoms with Crippen molar-refractivity contribution in [2.75, 3.05) is 66.1 Å². The summed E-state index contributed by atoms with van der Waals surface area (Å²) < 4.78 is 7.58. The lowest BCUT2D eigenvalue weighted by molar-refractivity contribution is 0.0360. The maximum atomic E-state index is 13.4. The van der Waals surface area contributed by atoms with E-state index in [0.717, 1.165) is 84.0 Å². The second-order valence-corrected chi connectivity index (χ2v) is 9.21. The highest BCUT2D eigenvalue weighted by Crippen LogP contribution is 2.38. The van der Waals surface area contributed by atoms with Gasteiger partial charge >= 0.3 is 0 Å². The highest BCUT2D eigenvalue weighted by atomic mass is 32.1. The normalized spacial score (nSPS) is 20.5. The van der Waals surface area contributed by atoms with Gasteiger partial charge in [-0.05, 0) is 31.3 Å². The van der Waals surface area contributed by atoms with Crippen LogP contribution in [0, 0.1) is 0 Å². The van der Waals surface area contributed by atoms with Crippen molar-refractivity contribution in [3.8, 4) is 11.3 Å². The van der Waals surface area contributed by atoms with E-state index in [-0.39, 0.29) is 5.91 Å². The van der Waals surface area contributed by atoms with Crippen LogP contribution in [-0.4, -0.2) is 96.5 Å². The van der Waals surface area contributed by atoms with E-state index in [0.29, 0.717) is 5.69 Å². The van der Waals surface area contributed by atoms with Crippen LogP contribution in [0.1, 0.15) is 20.9 Å². The van der Waals surface area contributed by atoms with Crippen LogP contribution in [0.4, 0.5) is 0 Å². The van der Waals surface area contributed by atoms with Gasteiger partial charge in [0.2, 0.25) is 0 Å². The Kier molecular flexibility index (Phi) is 5.43. The molecule has 1 aliphatic carbocycles. The molecule has 7 nitrogen and oxygen atoms in total. The summed E-state index contributed by atoms with van der Waals surface area (Å²) in [4.78, 5) is 21.5. The first-order valence-electron chi connectivity index (χ1n) is 10.6. The number of aryl methyl sites for hydroxylation is 1. The average molecular weight is 416 g/mol. The van der Waals surface area contributed by atoms with Crippen LogP contribution in [0.3, 0.4) is 0 Å². The molecular formula is C21H29N5O2S. The molecule has 0 bridgehead atoms. The molecule has 3 aliphatic rings. The van der Waals surface area contributed by atoms with Crippen LogP contribution in [0.5, 0.6) is 0 Å². The minimum atomic E-state index is 0.109. The Balaban J connectivity index is 1.44. The van der Waals surface area contributed by atoms with Crippen molar-refractivity contribution in [2.45, 2.75) is 19.4 Å². The summed E-state index contributed by atoms with van der Waals surface area (Å²) in [5.74, 6) is 0.109. The number of carbonyl (C=O) groups is 1. The topological polar surface area (TPSA) is 53.8 Å². The fourth-order valence-corrected chi connectivity index (χ4v) is 5.46. The largest absolute Gasteiger partial charge is 0.379 e. The Morgan fingerprint density at radius 2 is 1.90 bits per heavy atom. The molecule has 0 spiro atoms. The van der Waals surface area contributed by atoms with Crippen molar-refractivity contribution >= 4 is 17.2 Å². The second-order valence-electron chi connectivity index (χ2n) is 8.21. The number of rotatable bonds is 4. The average Bonchev–Trinajstić information content (AvgIpc) is 3.37. The number of hydrogen-bond donors (Lipinski definition) is 0. The van der Waals surface area contributed by atoms with E-state index in [2.05, 4.69) is 33.0 Å². The standard InChI is InChI=1S/C21H29N5O2S/c1-23-5-8-25(9-6-23)21(27)19-17-2-3-18-16(4-15-29-18)20(17)26(22-19)10-7-24-11-13-28-14-12-24/h4,15H,2-3,5-14H2,1H3. The van der Waals surface area contributed by atoms with Gasteiger partial charge in [0.15, 0.2) is 5.69 Å². The Morgan fingerprint density at radius 3 is 2.69 bits per heavy atom. The third-order valence-corrected chi connectivity index (χ3v) is 7.36. The first kappa shape index (κ1) is 19.2. The number of hydrogen-bond acceptors (Lipinski definition) is 6. The number of piperazine rings is 1. The molecule has 1 amide bonds. The van der Waals surface area contributed by atoms with Gasteiger partial charge in [-0.25, -0.2) is 0 Å². The molecule has 156 valence electrons. The quantitative estimate of drug-likeness (QED) is 0.756. The van der Waals surface area contributed by atoms with Gasteiger partial charge in [0.25, 0.3) is 5.91 Å². The molecule has 0 aromatic carbocycles. The van der Waals surface area contributed by atoms with E-state index in [1.807, 2.05) is 16.2 Å². The van der Waals surface area contributed by atoms with Crippen molar-refractivity contribution in [3.63, 3.8) is 0 Å². The molecular weight excluding hydrogens is 386 g/mol. The summed E-state index contributed by atoms with van der Waals surface area (Å²) in [6, 6.07) is 2.20. The van der Waals surface area contributed by atoms with Crippen molar-refractivity contribution in [2.24, 2.45) is 0 Å². The molecule has 2 aromatic rings. The van der Waals surface area contributed by atoms with Crippen molar-refractivity contribution in [1.29, 1.82) is 0 Å². The summed E-state index contributed by atoms with van der Waals surface area (Å²) in [5, 5.41) is 7.08. The number of nitrogens with zero attached hydrogens (tertiary/aromatic N) is 5. The predicted octanol–water partition coefficient (Wildman–Crippen LogP) is 1.43. The van der Waals surface area contributed by atoms with Gasteiger partial charge in [0, 0.05) is 61.8 Å². The number of morpholine rings is 1. The minimum absolute atomic E-state index is 0.109. The van der Waals surface area contributed by atoms with Gasteiger partial charge < -0.3 is 14.5 Å². The number of thiophene rings is 1. The van der Waals surface area contributed by atoms with E-state index in [1.54, 1.807) is 0 Å². The Bertz CT molecular complexity index is 878. The van der Waals surface area contributed by atoms with E-state index >= 15 is 0 Å². The summed E-state index contributed by atoms with van der Waals surface area (Å²) in [6.07, 6.45) is 1.92. The van der Waals surface area contributed by atoms with Crippen LogP contribution in [-0.2, 0) is 24.1 Å². The molecule has 0 unspecified atom stereocenters. The zero-order valence-electron chi connectivity index (χ0n) is 17.1. The van der Waals surface area contributed by atoms with Gasteiger partial charge in [-0.3, -0.25) is 14.4 Å². The van der Waals surface area contributed by atoms with E-state index in [9.17, 15) is 4.79 Å². The Morgan fingerprint density at radius 1 is 1.10 bits per heavy atom. The molecule has 2 aromatic heterocycles. The third kappa shape index (κ3) is 3.74. The fourth-order valence-electron chi connectivity index (χ4n) is 4.58. The summed E-state index contributed by atoms with van der Waals surface area (Å²) in [7, 11) is 2.11. The van der Waals surface area contributed by atoms with Gasteiger partial charge in [-0.15, -0.1) is 11.3 Å². The highest BCUT2D eigenvalue weighted by molar-refractivity contribution is 7.10. The number of ether oxygens (including phenoxy) is 1. The molecule has 4 heterocycles.